The lowest BCUT2D eigenvalue weighted by Gasteiger charge is -2.29. The SMILES string of the molecule is O=C(O)CCC(NCN(CC(=O)O)C(CCCCNC(=O)OC(=O)c1ccccc1)C(=O)O)C(=O)O. The first-order valence-electron chi connectivity index (χ1n) is 10.9. The van der Waals surface area contributed by atoms with Crippen LogP contribution >= 0.6 is 0 Å². The van der Waals surface area contributed by atoms with Gasteiger partial charge in [-0.25, -0.2) is 9.59 Å². The van der Waals surface area contributed by atoms with Crippen molar-refractivity contribution in [1.82, 2.24) is 15.5 Å². The summed E-state index contributed by atoms with van der Waals surface area (Å²) < 4.78 is 4.64. The molecule has 1 amide bonds. The molecule has 1 rings (SSSR count). The molecule has 0 aliphatic heterocycles. The lowest BCUT2D eigenvalue weighted by molar-refractivity contribution is -0.147. The van der Waals surface area contributed by atoms with Crippen LogP contribution in [0, 0.1) is 0 Å². The molecule has 0 radical (unpaired) electrons. The van der Waals surface area contributed by atoms with Crippen molar-refractivity contribution in [3.63, 3.8) is 0 Å². The largest absolute Gasteiger partial charge is 0.481 e. The zero-order valence-corrected chi connectivity index (χ0v) is 19.3. The molecule has 0 aromatic heterocycles. The lowest BCUT2D eigenvalue weighted by atomic mass is 10.1. The molecule has 0 aliphatic rings. The van der Waals surface area contributed by atoms with Gasteiger partial charge in [0.15, 0.2) is 0 Å². The van der Waals surface area contributed by atoms with Gasteiger partial charge in [0.2, 0.25) is 0 Å². The average molecular weight is 511 g/mol. The number of carboxylic acid groups (broad SMARTS) is 4. The van der Waals surface area contributed by atoms with Gasteiger partial charge in [0.1, 0.15) is 12.1 Å². The summed E-state index contributed by atoms with van der Waals surface area (Å²) >= 11 is 0. The molecule has 0 saturated carbocycles. The van der Waals surface area contributed by atoms with Crippen LogP contribution in [-0.4, -0.2) is 93.1 Å². The predicted octanol–water partition coefficient (Wildman–Crippen LogP) is 0.428. The van der Waals surface area contributed by atoms with Crippen LogP contribution in [0.3, 0.4) is 0 Å². The van der Waals surface area contributed by atoms with Gasteiger partial charge >= 0.3 is 35.9 Å². The normalized spacial score (nSPS) is 12.4. The van der Waals surface area contributed by atoms with Crippen molar-refractivity contribution in [3.8, 4) is 0 Å². The third kappa shape index (κ3) is 11.9. The highest BCUT2D eigenvalue weighted by atomic mass is 16.6. The van der Waals surface area contributed by atoms with Crippen molar-refractivity contribution in [2.24, 2.45) is 0 Å². The molecule has 2 atom stereocenters. The number of hydrogen-bond donors (Lipinski definition) is 6. The number of carboxylic acids is 4. The molecule has 14 nitrogen and oxygen atoms in total. The van der Waals surface area contributed by atoms with E-state index in [9.17, 15) is 39.0 Å². The summed E-state index contributed by atoms with van der Waals surface area (Å²) in [6, 6.07) is 5.24. The van der Waals surface area contributed by atoms with Crippen LogP contribution in [0.2, 0.25) is 0 Å². The van der Waals surface area contributed by atoms with Crippen LogP contribution in [0.4, 0.5) is 4.79 Å². The standard InChI is InChI=1S/C22H29N3O11/c26-17(27)10-9-15(19(30)31)24-13-25(12-18(28)29)16(20(32)33)8-4-5-11-23-22(35)36-21(34)14-6-2-1-3-7-14/h1-3,6-7,15-16,24H,4-5,8-13H2,(H,23,35)(H,26,27)(H,28,29)(H,30,31)(H,32,33). The van der Waals surface area contributed by atoms with E-state index >= 15 is 0 Å². The molecule has 2 unspecified atom stereocenters. The van der Waals surface area contributed by atoms with Crippen LogP contribution < -0.4 is 10.6 Å². The fourth-order valence-electron chi connectivity index (χ4n) is 3.13. The Hall–Kier alpha value is -4.04. The zero-order valence-electron chi connectivity index (χ0n) is 19.3. The molecule has 0 aliphatic carbocycles. The summed E-state index contributed by atoms with van der Waals surface area (Å²) in [7, 11) is 0. The number of alkyl carbamates (subject to hydrolysis) is 1. The molecule has 14 heteroatoms. The van der Waals surface area contributed by atoms with Crippen molar-refractivity contribution in [2.45, 2.75) is 44.2 Å². The number of esters is 1. The van der Waals surface area contributed by atoms with Crippen molar-refractivity contribution in [3.05, 3.63) is 35.9 Å². The van der Waals surface area contributed by atoms with Crippen LogP contribution in [0.15, 0.2) is 30.3 Å². The smallest absolute Gasteiger partial charge is 0.415 e. The zero-order chi connectivity index (χ0) is 27.1. The molecular formula is C22H29N3O11. The van der Waals surface area contributed by atoms with Gasteiger partial charge in [-0.1, -0.05) is 18.2 Å². The Balaban J connectivity index is 2.57. The number of unbranched alkanes of at least 4 members (excludes halogenated alkanes) is 1. The predicted molar refractivity (Wildman–Crippen MR) is 121 cm³/mol. The Morgan fingerprint density at radius 1 is 0.861 bits per heavy atom. The van der Waals surface area contributed by atoms with Gasteiger partial charge in [-0.05, 0) is 37.8 Å². The summed E-state index contributed by atoms with van der Waals surface area (Å²) in [5, 5.41) is 41.5. The van der Waals surface area contributed by atoms with Gasteiger partial charge in [-0.2, -0.15) is 0 Å². The first-order valence-corrected chi connectivity index (χ1v) is 10.9. The summed E-state index contributed by atoms with van der Waals surface area (Å²) in [6.45, 7) is -1.08. The van der Waals surface area contributed by atoms with Gasteiger partial charge in [-0.3, -0.25) is 29.4 Å². The van der Waals surface area contributed by atoms with Gasteiger partial charge < -0.3 is 30.5 Å². The third-order valence-corrected chi connectivity index (χ3v) is 4.92. The highest BCUT2D eigenvalue weighted by Gasteiger charge is 2.28. The number of nitrogens with one attached hydrogen (secondary N) is 2. The number of ether oxygens (including phenoxy) is 1. The summed E-state index contributed by atoms with van der Waals surface area (Å²) in [5.74, 6) is -6.08. The number of benzene rings is 1. The van der Waals surface area contributed by atoms with E-state index < -0.39 is 67.7 Å². The second-order valence-electron chi connectivity index (χ2n) is 7.65. The van der Waals surface area contributed by atoms with Crippen molar-refractivity contribution >= 4 is 35.9 Å². The summed E-state index contributed by atoms with van der Waals surface area (Å²) in [6.07, 6.45) is -1.21. The van der Waals surface area contributed by atoms with Crippen molar-refractivity contribution < 1.29 is 53.9 Å². The van der Waals surface area contributed by atoms with Crippen molar-refractivity contribution in [2.75, 3.05) is 19.8 Å². The number of nitrogens with zero attached hydrogens (tertiary/aromatic N) is 1. The Bertz CT molecular complexity index is 923. The molecule has 0 bridgehead atoms. The summed E-state index contributed by atoms with van der Waals surface area (Å²) in [4.78, 5) is 69.6. The molecule has 1 aromatic rings. The fraction of sp³-hybridized carbons (Fsp3) is 0.455. The Morgan fingerprint density at radius 2 is 1.53 bits per heavy atom. The average Bonchev–Trinajstić information content (AvgIpc) is 2.80. The lowest BCUT2D eigenvalue weighted by Crippen LogP contribution is -2.51. The highest BCUT2D eigenvalue weighted by molar-refractivity contribution is 5.96. The van der Waals surface area contributed by atoms with E-state index in [2.05, 4.69) is 15.4 Å². The minimum atomic E-state index is -1.36. The second kappa shape index (κ2) is 15.8. The Morgan fingerprint density at radius 3 is 2.08 bits per heavy atom. The molecule has 6 N–H and O–H groups in total. The van der Waals surface area contributed by atoms with Gasteiger partial charge in [-0.15, -0.1) is 0 Å². The van der Waals surface area contributed by atoms with E-state index in [0.717, 1.165) is 4.90 Å². The van der Waals surface area contributed by atoms with E-state index in [1.54, 1.807) is 18.2 Å². The van der Waals surface area contributed by atoms with E-state index in [1.807, 2.05) is 0 Å². The highest BCUT2D eigenvalue weighted by Crippen LogP contribution is 2.10. The number of hydrogen-bond acceptors (Lipinski definition) is 9. The topological polar surface area (TPSA) is 220 Å². The molecule has 0 fully saturated rings. The number of carbonyl (C=O) groups is 6. The maximum Gasteiger partial charge on any atom is 0.415 e. The molecule has 36 heavy (non-hydrogen) atoms. The van der Waals surface area contributed by atoms with E-state index in [4.69, 9.17) is 10.2 Å². The molecule has 1 aromatic carbocycles. The van der Waals surface area contributed by atoms with Gasteiger partial charge in [0.25, 0.3) is 0 Å². The van der Waals surface area contributed by atoms with E-state index in [1.165, 1.54) is 12.1 Å². The minimum Gasteiger partial charge on any atom is -0.481 e. The fourth-order valence-corrected chi connectivity index (χ4v) is 3.13. The summed E-state index contributed by atoms with van der Waals surface area (Å²) in [5.41, 5.74) is 0.192. The van der Waals surface area contributed by atoms with Crippen LogP contribution in [-0.2, 0) is 23.9 Å². The number of carbonyl (C=O) groups excluding carboxylic acids is 2. The van der Waals surface area contributed by atoms with E-state index in [0.29, 0.717) is 0 Å². The second-order valence-corrected chi connectivity index (χ2v) is 7.65. The monoisotopic (exact) mass is 511 g/mol. The van der Waals surface area contributed by atoms with Crippen LogP contribution in [0.25, 0.3) is 0 Å². The number of rotatable bonds is 17. The van der Waals surface area contributed by atoms with Crippen molar-refractivity contribution in [1.29, 1.82) is 0 Å². The maximum absolute atomic E-state index is 11.8. The third-order valence-electron chi connectivity index (χ3n) is 4.92. The van der Waals surface area contributed by atoms with Crippen LogP contribution in [0.1, 0.15) is 42.5 Å². The molecule has 0 spiro atoms. The number of aliphatic carboxylic acids is 4. The minimum absolute atomic E-state index is 0.0309. The quantitative estimate of drug-likeness (QED) is 0.0724. The van der Waals surface area contributed by atoms with E-state index in [-0.39, 0.29) is 37.8 Å². The maximum atomic E-state index is 11.8. The first-order chi connectivity index (χ1) is 17.0. The molecule has 0 saturated heterocycles. The number of amides is 1. The first kappa shape index (κ1) is 30.0. The van der Waals surface area contributed by atoms with Gasteiger partial charge in [0, 0.05) is 13.0 Å². The molecule has 198 valence electrons. The Labute approximate surface area is 205 Å². The molecular weight excluding hydrogens is 482 g/mol. The Kier molecular flexibility index (Phi) is 13.1. The molecule has 0 heterocycles. The van der Waals surface area contributed by atoms with Crippen LogP contribution in [0.5, 0.6) is 0 Å². The van der Waals surface area contributed by atoms with Gasteiger partial charge in [0.05, 0.1) is 18.8 Å².